The average Bonchev–Trinajstić information content (AvgIpc) is 3.44. The summed E-state index contributed by atoms with van der Waals surface area (Å²) in [4.78, 5) is 0. The van der Waals surface area contributed by atoms with Crippen molar-refractivity contribution in [3.63, 3.8) is 0 Å². The van der Waals surface area contributed by atoms with E-state index in [0.29, 0.717) is 0 Å². The van der Waals surface area contributed by atoms with Gasteiger partial charge in [0.2, 0.25) is 0 Å². The van der Waals surface area contributed by atoms with Crippen LogP contribution >= 0.6 is 16.6 Å². The molecule has 0 heterocycles. The van der Waals surface area contributed by atoms with E-state index in [9.17, 15) is 0 Å². The molecule has 0 atom stereocenters. The van der Waals surface area contributed by atoms with Gasteiger partial charge in [-0.25, -0.2) is 48.5 Å². The molecule has 0 radical (unpaired) electrons. The summed E-state index contributed by atoms with van der Waals surface area (Å²) in [5.74, 6) is 0. The fourth-order valence-corrected chi connectivity index (χ4v) is 4.72. The van der Waals surface area contributed by atoms with E-state index in [0.717, 1.165) is 10.6 Å². The van der Waals surface area contributed by atoms with Crippen LogP contribution in [0, 0.1) is 0 Å². The topological polar surface area (TPSA) is 0 Å². The van der Waals surface area contributed by atoms with E-state index < -0.39 is 5.39 Å². The summed E-state index contributed by atoms with van der Waals surface area (Å²) in [6.07, 6.45) is 0. The molecule has 0 N–H and O–H groups in total. The van der Waals surface area contributed by atoms with Crippen molar-refractivity contribution in [1.29, 1.82) is 0 Å². The zero-order valence-electron chi connectivity index (χ0n) is 13.3. The molecule has 0 aliphatic heterocycles. The Labute approximate surface area is 181 Å². The Hall–Kier alpha value is -0.621. The SMILES string of the molecule is S=P(Cl)([c-]1cccc1)[c-]1cccc1.[Fe+2].[Fe+2].c1cc[cH-]c1.c1cc[cH-]c1. The third-order valence-electron chi connectivity index (χ3n) is 3.07. The van der Waals surface area contributed by atoms with Crippen LogP contribution in [0.2, 0.25) is 0 Å². The van der Waals surface area contributed by atoms with Crippen LogP contribution in [0.15, 0.2) is 109 Å². The van der Waals surface area contributed by atoms with Crippen LogP contribution in [0.1, 0.15) is 0 Å². The van der Waals surface area contributed by atoms with Crippen LogP contribution in [-0.4, -0.2) is 0 Å². The molecule has 0 nitrogen and oxygen atoms in total. The van der Waals surface area contributed by atoms with Crippen LogP contribution in [0.4, 0.5) is 0 Å². The second-order valence-corrected chi connectivity index (χ2v) is 10.6. The van der Waals surface area contributed by atoms with Gasteiger partial charge >= 0.3 is 34.1 Å². The Balaban J connectivity index is 0.000000400. The Bertz CT molecular complexity index is 659. The number of hydrogen-bond acceptors (Lipinski definition) is 1. The summed E-state index contributed by atoms with van der Waals surface area (Å²) in [7, 11) is 0. The quantitative estimate of drug-likeness (QED) is 0.212. The van der Waals surface area contributed by atoms with Crippen molar-refractivity contribution < 1.29 is 34.1 Å². The summed E-state index contributed by atoms with van der Waals surface area (Å²) in [5.41, 5.74) is 0. The van der Waals surface area contributed by atoms with Gasteiger partial charge in [0, 0.05) is 0 Å². The summed E-state index contributed by atoms with van der Waals surface area (Å²) < 4.78 is 0. The van der Waals surface area contributed by atoms with Gasteiger partial charge in [0.1, 0.15) is 0 Å². The third-order valence-corrected chi connectivity index (χ3v) is 7.43. The summed E-state index contributed by atoms with van der Waals surface area (Å²) >= 11 is 11.9. The van der Waals surface area contributed by atoms with Crippen molar-refractivity contribution in [2.24, 2.45) is 0 Å². The van der Waals surface area contributed by atoms with Gasteiger partial charge < -0.3 is 0 Å². The monoisotopic (exact) mass is 468 g/mol. The van der Waals surface area contributed by atoms with Crippen molar-refractivity contribution in [1.82, 2.24) is 0 Å². The standard InChI is InChI=1S/C10H8ClPS.2C5H5.2Fe/c11-12(13,9-5-1-2-6-9)10-7-3-4-8-10;2*1-2-4-5-3-1;;/h1-8H;2*1-5H;;/q-2;2*-1;2*+2. The van der Waals surface area contributed by atoms with E-state index in [4.69, 9.17) is 23.0 Å². The van der Waals surface area contributed by atoms with Gasteiger partial charge in [0.05, 0.1) is 0 Å². The molecule has 0 aromatic heterocycles. The molecule has 0 aliphatic rings. The van der Waals surface area contributed by atoms with E-state index in [2.05, 4.69) is 0 Å². The van der Waals surface area contributed by atoms with E-state index in [1.54, 1.807) is 0 Å². The molecule has 4 aromatic carbocycles. The minimum Gasteiger partial charge on any atom is -0.214 e. The van der Waals surface area contributed by atoms with E-state index in [-0.39, 0.29) is 34.1 Å². The fraction of sp³-hybridized carbons (Fsp3) is 0. The van der Waals surface area contributed by atoms with Crippen molar-refractivity contribution >= 4 is 39.0 Å². The maximum absolute atomic E-state index is 6.40. The Morgan fingerprint density at radius 2 is 0.880 bits per heavy atom. The number of rotatable bonds is 2. The van der Waals surface area contributed by atoms with Gasteiger partial charge in [-0.15, -0.1) is 21.8 Å². The van der Waals surface area contributed by atoms with E-state index in [1.165, 1.54) is 0 Å². The summed E-state index contributed by atoms with van der Waals surface area (Å²) in [5, 5.41) is 0.162. The Morgan fingerprint density at radius 3 is 1.08 bits per heavy atom. The molecule has 0 aliphatic carbocycles. The minimum atomic E-state index is -2.00. The molecular weight excluding hydrogens is 450 g/mol. The second kappa shape index (κ2) is 13.6. The van der Waals surface area contributed by atoms with Gasteiger partial charge in [0.15, 0.2) is 0 Å². The van der Waals surface area contributed by atoms with Gasteiger partial charge in [-0.3, -0.25) is 0 Å². The van der Waals surface area contributed by atoms with Crippen LogP contribution in [-0.2, 0) is 45.9 Å². The van der Waals surface area contributed by atoms with E-state index in [1.807, 2.05) is 109 Å². The zero-order valence-corrected chi connectivity index (χ0v) is 18.0. The molecule has 4 rings (SSSR count). The predicted octanol–water partition coefficient (Wildman–Crippen LogP) is 5.51. The molecule has 4 aromatic rings. The third kappa shape index (κ3) is 8.54. The van der Waals surface area contributed by atoms with Crippen molar-refractivity contribution in [2.75, 3.05) is 0 Å². The molecule has 0 amide bonds. The predicted molar refractivity (Wildman–Crippen MR) is 108 cm³/mol. The Kier molecular flexibility index (Phi) is 13.2. The molecule has 0 saturated heterocycles. The number of halogens is 1. The normalized spacial score (nSPS) is 9.32. The first-order valence-electron chi connectivity index (χ1n) is 7.29. The first kappa shape index (κ1) is 24.4. The minimum absolute atomic E-state index is 0. The van der Waals surface area contributed by atoms with Crippen LogP contribution in [0.3, 0.4) is 0 Å². The van der Waals surface area contributed by atoms with Crippen LogP contribution in [0.5, 0.6) is 0 Å². The van der Waals surface area contributed by atoms with Gasteiger partial charge in [-0.05, 0) is 5.39 Å². The van der Waals surface area contributed by atoms with Crippen molar-refractivity contribution in [2.45, 2.75) is 0 Å². The Morgan fingerprint density at radius 1 is 0.600 bits per heavy atom. The molecule has 0 spiro atoms. The van der Waals surface area contributed by atoms with Gasteiger partial charge in [0.25, 0.3) is 0 Å². The first-order valence-corrected chi connectivity index (χ1v) is 11.0. The molecule has 0 fully saturated rings. The fourth-order valence-electron chi connectivity index (χ4n) is 1.90. The molecule has 0 bridgehead atoms. The average molecular weight is 469 g/mol. The van der Waals surface area contributed by atoms with Crippen molar-refractivity contribution in [3.8, 4) is 0 Å². The van der Waals surface area contributed by atoms with Crippen LogP contribution < -0.4 is 10.6 Å². The van der Waals surface area contributed by atoms with Crippen LogP contribution in [0.25, 0.3) is 0 Å². The molecular formula is C20H18ClFe2PS. The van der Waals surface area contributed by atoms with Crippen molar-refractivity contribution in [3.05, 3.63) is 109 Å². The first-order chi connectivity index (χ1) is 11.2. The molecule has 0 unspecified atom stereocenters. The van der Waals surface area contributed by atoms with Gasteiger partial charge in [-0.2, -0.15) is 60.7 Å². The molecule has 0 saturated carbocycles. The smallest absolute Gasteiger partial charge is 0.214 e. The maximum Gasteiger partial charge on any atom is 2.00 e. The largest absolute Gasteiger partial charge is 2.00 e. The molecule has 25 heavy (non-hydrogen) atoms. The summed E-state index contributed by atoms with van der Waals surface area (Å²) in [6.45, 7) is 0. The van der Waals surface area contributed by atoms with E-state index >= 15 is 0 Å². The summed E-state index contributed by atoms with van der Waals surface area (Å²) in [6, 6.07) is 35.9. The van der Waals surface area contributed by atoms with Gasteiger partial charge in [-0.1, -0.05) is 11.8 Å². The maximum atomic E-state index is 6.40. The zero-order chi connectivity index (χ0) is 16.4. The number of hydrogen-bond donors (Lipinski definition) is 0. The molecule has 132 valence electrons. The molecule has 5 heteroatoms. The second-order valence-electron chi connectivity index (χ2n) is 4.74.